The summed E-state index contributed by atoms with van der Waals surface area (Å²) in [5.74, 6) is 0.411. The van der Waals surface area contributed by atoms with E-state index in [1.165, 1.54) is 0 Å². The molecule has 0 aliphatic carbocycles. The number of amides is 1. The Kier molecular flexibility index (Phi) is 5.74. The largest absolute Gasteiger partial charge is 0.319 e. The van der Waals surface area contributed by atoms with Crippen LogP contribution in [0.2, 0.25) is 0 Å². The highest BCUT2D eigenvalue weighted by atomic mass is 79.9. The third kappa shape index (κ3) is 4.30. The van der Waals surface area contributed by atoms with Crippen LogP contribution < -0.4 is 5.32 Å². The highest BCUT2D eigenvalue weighted by molar-refractivity contribution is 9.10. The van der Waals surface area contributed by atoms with Crippen molar-refractivity contribution in [2.24, 2.45) is 0 Å². The quantitative estimate of drug-likeness (QED) is 0.383. The average molecular weight is 475 g/mol. The predicted molar refractivity (Wildman–Crippen MR) is 128 cm³/mol. The molecule has 0 saturated heterocycles. The van der Waals surface area contributed by atoms with Crippen LogP contribution in [0.4, 0.5) is 5.69 Å². The second-order valence-electron chi connectivity index (χ2n) is 7.69. The van der Waals surface area contributed by atoms with Gasteiger partial charge in [0.05, 0.1) is 5.69 Å². The number of carbonyl (C=O) groups excluding carboxylic acids is 1. The molecule has 31 heavy (non-hydrogen) atoms. The number of carbonyl (C=O) groups is 1. The molecule has 0 atom stereocenters. The fourth-order valence-electron chi connectivity index (χ4n) is 3.49. The Balaban J connectivity index is 1.82. The Hall–Kier alpha value is -3.25. The van der Waals surface area contributed by atoms with Gasteiger partial charge in [-0.2, -0.15) is 0 Å². The molecule has 0 fully saturated rings. The standard InChI is InChI=1S/C25H23BrN4O/c1-15-8-9-16(2)21(14-15)30-24(19-10-12-20(26)13-11-19)28-23(29-30)25(31)27-22-17(3)6-5-7-18(22)4/h5-14H,1-4H3,(H,27,31). The topological polar surface area (TPSA) is 59.8 Å². The van der Waals surface area contributed by atoms with Crippen molar-refractivity contribution in [3.8, 4) is 17.1 Å². The van der Waals surface area contributed by atoms with Crippen LogP contribution >= 0.6 is 15.9 Å². The number of rotatable bonds is 4. The summed E-state index contributed by atoms with van der Waals surface area (Å²) in [7, 11) is 0. The Morgan fingerprint density at radius 3 is 2.26 bits per heavy atom. The minimum absolute atomic E-state index is 0.126. The van der Waals surface area contributed by atoms with E-state index in [2.05, 4.69) is 43.5 Å². The molecule has 0 bridgehead atoms. The molecule has 1 aromatic heterocycles. The second kappa shape index (κ2) is 8.47. The maximum atomic E-state index is 13.1. The molecule has 0 spiro atoms. The predicted octanol–water partition coefficient (Wildman–Crippen LogP) is 6.18. The summed E-state index contributed by atoms with van der Waals surface area (Å²) in [4.78, 5) is 17.7. The van der Waals surface area contributed by atoms with E-state index in [0.717, 1.165) is 43.7 Å². The molecule has 6 heteroatoms. The van der Waals surface area contributed by atoms with Gasteiger partial charge < -0.3 is 5.32 Å². The van der Waals surface area contributed by atoms with Crippen molar-refractivity contribution < 1.29 is 4.79 Å². The van der Waals surface area contributed by atoms with E-state index in [9.17, 15) is 4.79 Å². The van der Waals surface area contributed by atoms with Crippen LogP contribution in [0.25, 0.3) is 17.1 Å². The zero-order chi connectivity index (χ0) is 22.1. The number of hydrogen-bond acceptors (Lipinski definition) is 3. The maximum absolute atomic E-state index is 13.1. The third-order valence-corrected chi connectivity index (χ3v) is 5.75. The summed E-state index contributed by atoms with van der Waals surface area (Å²) < 4.78 is 2.73. The molecule has 0 aliphatic heterocycles. The molecule has 4 aromatic rings. The van der Waals surface area contributed by atoms with Gasteiger partial charge >= 0.3 is 0 Å². The fraction of sp³-hybridized carbons (Fsp3) is 0.160. The Morgan fingerprint density at radius 1 is 0.903 bits per heavy atom. The van der Waals surface area contributed by atoms with Crippen molar-refractivity contribution in [3.63, 3.8) is 0 Å². The molecule has 3 aromatic carbocycles. The van der Waals surface area contributed by atoms with Crippen molar-refractivity contribution in [1.82, 2.24) is 14.8 Å². The van der Waals surface area contributed by atoms with Crippen LogP contribution in [0.3, 0.4) is 0 Å². The SMILES string of the molecule is Cc1ccc(C)c(-n2nc(C(=O)Nc3c(C)cccc3C)nc2-c2ccc(Br)cc2)c1. The summed E-state index contributed by atoms with van der Waals surface area (Å²) in [6.07, 6.45) is 0. The van der Waals surface area contributed by atoms with Crippen LogP contribution in [0.15, 0.2) is 65.1 Å². The van der Waals surface area contributed by atoms with E-state index in [4.69, 9.17) is 0 Å². The molecule has 0 radical (unpaired) electrons. The van der Waals surface area contributed by atoms with Gasteiger partial charge in [-0.3, -0.25) is 4.79 Å². The number of nitrogens with zero attached hydrogens (tertiary/aromatic N) is 3. The lowest BCUT2D eigenvalue weighted by atomic mass is 10.1. The molecule has 4 rings (SSSR count). The van der Waals surface area contributed by atoms with Crippen LogP contribution in [-0.4, -0.2) is 20.7 Å². The van der Waals surface area contributed by atoms with Crippen molar-refractivity contribution in [2.75, 3.05) is 5.32 Å². The Bertz CT molecular complexity index is 1260. The fourth-order valence-corrected chi connectivity index (χ4v) is 3.76. The minimum atomic E-state index is -0.334. The van der Waals surface area contributed by atoms with Crippen LogP contribution in [0.1, 0.15) is 32.9 Å². The normalized spacial score (nSPS) is 10.9. The monoisotopic (exact) mass is 474 g/mol. The molecule has 156 valence electrons. The summed E-state index contributed by atoms with van der Waals surface area (Å²) in [5.41, 5.74) is 6.72. The van der Waals surface area contributed by atoms with Gasteiger partial charge in [-0.1, -0.05) is 58.4 Å². The number of benzene rings is 3. The number of hydrogen-bond donors (Lipinski definition) is 1. The summed E-state index contributed by atoms with van der Waals surface area (Å²) >= 11 is 3.47. The summed E-state index contributed by atoms with van der Waals surface area (Å²) in [6.45, 7) is 8.00. The van der Waals surface area contributed by atoms with Crippen molar-refractivity contribution >= 4 is 27.5 Å². The Labute approximate surface area is 190 Å². The molecular weight excluding hydrogens is 452 g/mol. The first kappa shape index (κ1) is 21.0. The number of aromatic nitrogens is 3. The second-order valence-corrected chi connectivity index (χ2v) is 8.60. The highest BCUT2D eigenvalue weighted by Gasteiger charge is 2.21. The molecule has 1 amide bonds. The zero-order valence-corrected chi connectivity index (χ0v) is 19.5. The van der Waals surface area contributed by atoms with Gasteiger partial charge in [0.15, 0.2) is 5.82 Å². The summed E-state index contributed by atoms with van der Waals surface area (Å²) in [6, 6.07) is 19.9. The van der Waals surface area contributed by atoms with Gasteiger partial charge in [0, 0.05) is 15.7 Å². The van der Waals surface area contributed by atoms with Crippen molar-refractivity contribution in [2.45, 2.75) is 27.7 Å². The van der Waals surface area contributed by atoms with Gasteiger partial charge in [-0.25, -0.2) is 9.67 Å². The molecular formula is C25H23BrN4O. The van der Waals surface area contributed by atoms with Crippen LogP contribution in [0.5, 0.6) is 0 Å². The van der Waals surface area contributed by atoms with E-state index < -0.39 is 0 Å². The van der Waals surface area contributed by atoms with E-state index in [1.54, 1.807) is 4.68 Å². The number of para-hydroxylation sites is 1. The minimum Gasteiger partial charge on any atom is -0.319 e. The first-order chi connectivity index (χ1) is 14.8. The molecule has 0 saturated carbocycles. The van der Waals surface area contributed by atoms with E-state index in [-0.39, 0.29) is 11.7 Å². The lowest BCUT2D eigenvalue weighted by Gasteiger charge is -2.10. The lowest BCUT2D eigenvalue weighted by Crippen LogP contribution is -2.16. The highest BCUT2D eigenvalue weighted by Crippen LogP contribution is 2.26. The van der Waals surface area contributed by atoms with Crippen molar-refractivity contribution in [1.29, 1.82) is 0 Å². The van der Waals surface area contributed by atoms with Gasteiger partial charge in [-0.05, 0) is 68.1 Å². The first-order valence-corrected chi connectivity index (χ1v) is 10.8. The van der Waals surface area contributed by atoms with Gasteiger partial charge in [0.2, 0.25) is 5.82 Å². The molecule has 0 aliphatic rings. The lowest BCUT2D eigenvalue weighted by molar-refractivity contribution is 0.101. The number of anilines is 1. The first-order valence-electron chi connectivity index (χ1n) is 10.0. The Morgan fingerprint density at radius 2 is 1.58 bits per heavy atom. The average Bonchev–Trinajstić information content (AvgIpc) is 3.18. The molecule has 1 heterocycles. The molecule has 1 N–H and O–H groups in total. The number of nitrogens with one attached hydrogen (secondary N) is 1. The van der Waals surface area contributed by atoms with E-state index in [1.807, 2.05) is 76.2 Å². The van der Waals surface area contributed by atoms with Crippen LogP contribution in [0, 0.1) is 27.7 Å². The van der Waals surface area contributed by atoms with E-state index in [0.29, 0.717) is 5.82 Å². The number of aryl methyl sites for hydroxylation is 4. The van der Waals surface area contributed by atoms with Gasteiger partial charge in [0.25, 0.3) is 5.91 Å². The maximum Gasteiger partial charge on any atom is 0.295 e. The van der Waals surface area contributed by atoms with Crippen LogP contribution in [-0.2, 0) is 0 Å². The number of halogens is 1. The molecule has 5 nitrogen and oxygen atoms in total. The third-order valence-electron chi connectivity index (χ3n) is 5.23. The summed E-state index contributed by atoms with van der Waals surface area (Å²) in [5, 5.41) is 7.61. The van der Waals surface area contributed by atoms with Gasteiger partial charge in [-0.15, -0.1) is 5.10 Å². The van der Waals surface area contributed by atoms with E-state index >= 15 is 0 Å². The van der Waals surface area contributed by atoms with Crippen molar-refractivity contribution in [3.05, 3.63) is 93.2 Å². The smallest absolute Gasteiger partial charge is 0.295 e. The molecule has 0 unspecified atom stereocenters. The van der Waals surface area contributed by atoms with Gasteiger partial charge in [0.1, 0.15) is 0 Å². The zero-order valence-electron chi connectivity index (χ0n) is 17.9.